The molecule has 2 amide bonds. The highest BCUT2D eigenvalue weighted by Crippen LogP contribution is 2.33. The summed E-state index contributed by atoms with van der Waals surface area (Å²) in [5.74, 6) is -0.521. The Kier molecular flexibility index (Phi) is 5.61. The largest absolute Gasteiger partial charge is 0.352 e. The number of aryl methyl sites for hydroxylation is 1. The fourth-order valence-electron chi connectivity index (χ4n) is 3.78. The van der Waals surface area contributed by atoms with E-state index < -0.39 is 0 Å². The van der Waals surface area contributed by atoms with Crippen LogP contribution in [-0.2, 0) is 17.9 Å². The number of rotatable bonds is 6. The molecule has 0 fully saturated rings. The molecular formula is C25H23FN2O2. The van der Waals surface area contributed by atoms with E-state index in [-0.39, 0.29) is 30.1 Å². The molecule has 0 saturated carbocycles. The van der Waals surface area contributed by atoms with Crippen LogP contribution in [0.25, 0.3) is 0 Å². The number of carbonyl (C=O) groups is 2. The van der Waals surface area contributed by atoms with E-state index in [1.807, 2.05) is 55.5 Å². The average molecular weight is 402 g/mol. The van der Waals surface area contributed by atoms with Crippen LogP contribution in [0.3, 0.4) is 0 Å². The first-order chi connectivity index (χ1) is 14.5. The van der Waals surface area contributed by atoms with Crippen LogP contribution in [0.4, 0.5) is 4.39 Å². The number of nitrogens with zero attached hydrogens (tertiary/aromatic N) is 1. The molecule has 0 spiro atoms. The number of benzene rings is 3. The Hall–Kier alpha value is -3.47. The fraction of sp³-hybridized carbons (Fsp3) is 0.200. The Morgan fingerprint density at radius 3 is 2.43 bits per heavy atom. The molecule has 0 saturated heterocycles. The van der Waals surface area contributed by atoms with Crippen molar-refractivity contribution < 1.29 is 14.0 Å². The van der Waals surface area contributed by atoms with Gasteiger partial charge in [-0.1, -0.05) is 60.2 Å². The highest BCUT2D eigenvalue weighted by Gasteiger charge is 2.34. The molecule has 1 aliphatic rings. The van der Waals surface area contributed by atoms with E-state index in [9.17, 15) is 14.0 Å². The van der Waals surface area contributed by atoms with Gasteiger partial charge in [0.2, 0.25) is 5.91 Å². The summed E-state index contributed by atoms with van der Waals surface area (Å²) in [4.78, 5) is 27.5. The summed E-state index contributed by atoms with van der Waals surface area (Å²) in [6, 6.07) is 21.2. The first kappa shape index (κ1) is 19.8. The quantitative estimate of drug-likeness (QED) is 0.658. The summed E-state index contributed by atoms with van der Waals surface area (Å²) >= 11 is 0. The summed E-state index contributed by atoms with van der Waals surface area (Å²) in [6.07, 6.45) is 0.157. The van der Waals surface area contributed by atoms with Crippen molar-refractivity contribution in [3.63, 3.8) is 0 Å². The summed E-state index contributed by atoms with van der Waals surface area (Å²) in [5.41, 5.74) is 4.54. The van der Waals surface area contributed by atoms with E-state index in [1.165, 1.54) is 12.1 Å². The zero-order chi connectivity index (χ0) is 21.1. The van der Waals surface area contributed by atoms with Crippen molar-refractivity contribution >= 4 is 11.8 Å². The Morgan fingerprint density at radius 1 is 1.03 bits per heavy atom. The van der Waals surface area contributed by atoms with Gasteiger partial charge in [-0.2, -0.15) is 0 Å². The highest BCUT2D eigenvalue weighted by molar-refractivity contribution is 5.98. The highest BCUT2D eigenvalue weighted by atomic mass is 19.1. The van der Waals surface area contributed by atoms with Crippen molar-refractivity contribution in [2.75, 3.05) is 0 Å². The normalized spacial score (nSPS) is 13.8. The van der Waals surface area contributed by atoms with Gasteiger partial charge in [-0.05, 0) is 41.8 Å². The van der Waals surface area contributed by atoms with Crippen LogP contribution in [0, 0.1) is 12.7 Å². The summed E-state index contributed by atoms with van der Waals surface area (Å²) in [6.45, 7) is 2.80. The van der Waals surface area contributed by atoms with Crippen molar-refractivity contribution in [2.24, 2.45) is 0 Å². The Labute approximate surface area is 175 Å². The summed E-state index contributed by atoms with van der Waals surface area (Å²) in [7, 11) is 0. The van der Waals surface area contributed by atoms with Gasteiger partial charge >= 0.3 is 0 Å². The smallest absolute Gasteiger partial charge is 0.255 e. The lowest BCUT2D eigenvalue weighted by Crippen LogP contribution is -2.34. The summed E-state index contributed by atoms with van der Waals surface area (Å²) in [5, 5.41) is 2.89. The molecule has 30 heavy (non-hydrogen) atoms. The predicted octanol–water partition coefficient (Wildman–Crippen LogP) is 4.54. The van der Waals surface area contributed by atoms with Gasteiger partial charge in [0.15, 0.2) is 0 Å². The molecule has 1 aliphatic heterocycles. The maximum atomic E-state index is 13.1. The van der Waals surface area contributed by atoms with Gasteiger partial charge in [-0.15, -0.1) is 0 Å². The fourth-order valence-corrected chi connectivity index (χ4v) is 3.78. The SMILES string of the molecule is Cc1ccc(C(CC(=O)NCc2ccc(F)cc2)N2Cc3ccccc3C2=O)cc1. The number of nitrogens with one attached hydrogen (secondary N) is 1. The molecule has 152 valence electrons. The van der Waals surface area contributed by atoms with Crippen LogP contribution >= 0.6 is 0 Å². The van der Waals surface area contributed by atoms with Gasteiger partial charge in [-0.25, -0.2) is 4.39 Å². The molecule has 5 heteroatoms. The van der Waals surface area contributed by atoms with Crippen LogP contribution in [0.15, 0.2) is 72.8 Å². The van der Waals surface area contributed by atoms with Crippen LogP contribution in [0.1, 0.15) is 45.1 Å². The van der Waals surface area contributed by atoms with Crippen LogP contribution in [-0.4, -0.2) is 16.7 Å². The standard InChI is InChI=1S/C25H23FN2O2/c1-17-6-10-19(11-7-17)23(28-16-20-4-2-3-5-22(20)25(28)30)14-24(29)27-15-18-8-12-21(26)13-9-18/h2-13,23H,14-16H2,1H3,(H,27,29). The molecule has 4 nitrogen and oxygen atoms in total. The average Bonchev–Trinajstić information content (AvgIpc) is 3.09. The Balaban J connectivity index is 1.52. The predicted molar refractivity (Wildman–Crippen MR) is 113 cm³/mol. The van der Waals surface area contributed by atoms with E-state index in [1.54, 1.807) is 17.0 Å². The molecule has 1 atom stereocenters. The lowest BCUT2D eigenvalue weighted by molar-refractivity contribution is -0.122. The molecule has 3 aromatic rings. The first-order valence-electron chi connectivity index (χ1n) is 9.98. The number of fused-ring (bicyclic) bond motifs is 1. The van der Waals surface area contributed by atoms with Crippen molar-refractivity contribution in [2.45, 2.75) is 32.5 Å². The lowest BCUT2D eigenvalue weighted by Gasteiger charge is -2.28. The molecule has 0 bridgehead atoms. The van der Waals surface area contributed by atoms with E-state index >= 15 is 0 Å². The van der Waals surface area contributed by atoms with Gasteiger partial charge in [0.05, 0.1) is 12.5 Å². The van der Waals surface area contributed by atoms with Gasteiger partial charge in [0, 0.05) is 18.7 Å². The van der Waals surface area contributed by atoms with Gasteiger partial charge in [0.25, 0.3) is 5.91 Å². The van der Waals surface area contributed by atoms with Crippen molar-refractivity contribution in [3.8, 4) is 0 Å². The van der Waals surface area contributed by atoms with E-state index in [0.29, 0.717) is 18.7 Å². The van der Waals surface area contributed by atoms with Crippen molar-refractivity contribution in [1.82, 2.24) is 10.2 Å². The number of carbonyl (C=O) groups excluding carboxylic acids is 2. The van der Waals surface area contributed by atoms with Crippen molar-refractivity contribution in [1.29, 1.82) is 0 Å². The van der Waals surface area contributed by atoms with Crippen LogP contribution in [0.2, 0.25) is 0 Å². The Bertz CT molecular complexity index is 1060. The van der Waals surface area contributed by atoms with Crippen LogP contribution in [0.5, 0.6) is 0 Å². The third-order valence-corrected chi connectivity index (χ3v) is 5.47. The zero-order valence-electron chi connectivity index (χ0n) is 16.8. The molecule has 0 radical (unpaired) electrons. The third kappa shape index (κ3) is 4.25. The molecule has 1 N–H and O–H groups in total. The van der Waals surface area contributed by atoms with Gasteiger partial charge in [0.1, 0.15) is 5.82 Å². The van der Waals surface area contributed by atoms with Crippen molar-refractivity contribution in [3.05, 3.63) is 106 Å². The molecular weight excluding hydrogens is 379 g/mol. The van der Waals surface area contributed by atoms with Gasteiger partial charge < -0.3 is 10.2 Å². The maximum Gasteiger partial charge on any atom is 0.255 e. The number of amides is 2. The topological polar surface area (TPSA) is 49.4 Å². The van der Waals surface area contributed by atoms with Gasteiger partial charge in [-0.3, -0.25) is 9.59 Å². The minimum Gasteiger partial charge on any atom is -0.352 e. The van der Waals surface area contributed by atoms with Crippen LogP contribution < -0.4 is 5.32 Å². The number of hydrogen-bond acceptors (Lipinski definition) is 2. The number of halogens is 1. The second-order valence-electron chi connectivity index (χ2n) is 7.62. The molecule has 3 aromatic carbocycles. The second-order valence-corrected chi connectivity index (χ2v) is 7.62. The molecule has 0 aromatic heterocycles. The summed E-state index contributed by atoms with van der Waals surface area (Å²) < 4.78 is 13.1. The minimum atomic E-state index is -0.362. The monoisotopic (exact) mass is 402 g/mol. The second kappa shape index (κ2) is 8.49. The minimum absolute atomic E-state index is 0.0532. The molecule has 0 aliphatic carbocycles. The van der Waals surface area contributed by atoms with E-state index in [2.05, 4.69) is 5.32 Å². The zero-order valence-corrected chi connectivity index (χ0v) is 16.8. The lowest BCUT2D eigenvalue weighted by atomic mass is 10.00. The van der Waals surface area contributed by atoms with E-state index in [0.717, 1.165) is 22.3 Å². The third-order valence-electron chi connectivity index (χ3n) is 5.47. The molecule has 1 heterocycles. The van der Waals surface area contributed by atoms with E-state index in [4.69, 9.17) is 0 Å². The Morgan fingerprint density at radius 2 is 1.73 bits per heavy atom. The molecule has 4 rings (SSSR count). The number of hydrogen-bond donors (Lipinski definition) is 1. The molecule has 1 unspecified atom stereocenters. The first-order valence-corrected chi connectivity index (χ1v) is 9.98. The maximum absolute atomic E-state index is 13.1.